The predicted octanol–water partition coefficient (Wildman–Crippen LogP) is 4.87. The highest BCUT2D eigenvalue weighted by Gasteiger charge is 2.42. The van der Waals surface area contributed by atoms with Crippen molar-refractivity contribution in [3.8, 4) is 0 Å². The van der Waals surface area contributed by atoms with E-state index in [0.29, 0.717) is 10.1 Å². The van der Waals surface area contributed by atoms with Gasteiger partial charge in [-0.05, 0) is 50.6 Å². The number of carbonyl (C=O) groups is 1. The van der Waals surface area contributed by atoms with Crippen molar-refractivity contribution >= 4 is 29.1 Å². The normalized spacial score (nSPS) is 25.5. The van der Waals surface area contributed by atoms with E-state index in [1.807, 2.05) is 13.8 Å². The molecule has 0 aromatic heterocycles. The molecule has 0 radical (unpaired) electrons. The van der Waals surface area contributed by atoms with E-state index in [0.717, 1.165) is 43.5 Å². The van der Waals surface area contributed by atoms with E-state index in [4.69, 9.17) is 23.2 Å². The number of amides is 1. The van der Waals surface area contributed by atoms with Crippen LogP contribution < -0.4 is 10.6 Å². The average Bonchev–Trinajstić information content (AvgIpc) is 3.25. The number of carbonyl (C=O) groups excluding carboxylic acids is 1. The summed E-state index contributed by atoms with van der Waals surface area (Å²) in [5.41, 5.74) is 1.70. The van der Waals surface area contributed by atoms with Crippen molar-refractivity contribution in [2.24, 2.45) is 11.3 Å². The Morgan fingerprint density at radius 1 is 1.36 bits per heavy atom. The summed E-state index contributed by atoms with van der Waals surface area (Å²) in [6.07, 6.45) is 7.14. The number of halogens is 2. The van der Waals surface area contributed by atoms with Crippen LogP contribution >= 0.6 is 23.2 Å². The Hall–Kier alpha value is -0.770. The van der Waals surface area contributed by atoms with Crippen LogP contribution in [-0.4, -0.2) is 25.0 Å². The van der Waals surface area contributed by atoms with Gasteiger partial charge in [0.15, 0.2) is 0 Å². The van der Waals surface area contributed by atoms with E-state index in [2.05, 4.69) is 24.1 Å². The maximum absolute atomic E-state index is 12.8. The Bertz CT molecular complexity index is 583. The molecule has 1 heterocycles. The monoisotopic (exact) mass is 384 g/mol. The van der Waals surface area contributed by atoms with Gasteiger partial charge in [0, 0.05) is 6.54 Å². The smallest absolute Gasteiger partial charge is 0.224 e. The van der Waals surface area contributed by atoms with Crippen LogP contribution in [0.15, 0.2) is 33.9 Å². The molecule has 0 aromatic carbocycles. The van der Waals surface area contributed by atoms with Crippen molar-refractivity contribution in [1.29, 1.82) is 0 Å². The zero-order chi connectivity index (χ0) is 18.6. The third-order valence-electron chi connectivity index (χ3n) is 5.61. The summed E-state index contributed by atoms with van der Waals surface area (Å²) < 4.78 is 0. The van der Waals surface area contributed by atoms with Crippen LogP contribution in [0, 0.1) is 11.3 Å². The Balaban J connectivity index is 2.41. The molecule has 2 aliphatic rings. The maximum atomic E-state index is 12.8. The molecule has 2 atom stereocenters. The molecular weight excluding hydrogens is 355 g/mol. The molecule has 140 valence electrons. The number of hydrogen-bond donors (Lipinski definition) is 2. The molecule has 0 spiro atoms. The standard InChI is InChI=1S/C20H30Cl2N2O/c1-5-15(21)17(22)16(13(2)3)18(20(4)9-6-7-10-20)24-19(25)14-8-11-23-12-14/h5,14,18,23H,2,6-12H2,1,3-4H3,(H,24,25)/b15-5+,17-16-/t14-,18+/m0/s1. The van der Waals surface area contributed by atoms with Crippen molar-refractivity contribution in [3.63, 3.8) is 0 Å². The van der Waals surface area contributed by atoms with Crippen LogP contribution in [0.25, 0.3) is 0 Å². The zero-order valence-electron chi connectivity index (χ0n) is 15.6. The molecule has 25 heavy (non-hydrogen) atoms. The highest BCUT2D eigenvalue weighted by atomic mass is 35.5. The van der Waals surface area contributed by atoms with Gasteiger partial charge in [-0.1, -0.05) is 61.2 Å². The Labute approximate surface area is 161 Å². The molecule has 2 fully saturated rings. The van der Waals surface area contributed by atoms with Crippen LogP contribution in [0.1, 0.15) is 52.9 Å². The van der Waals surface area contributed by atoms with E-state index in [9.17, 15) is 4.79 Å². The van der Waals surface area contributed by atoms with Gasteiger partial charge in [-0.3, -0.25) is 4.79 Å². The fraction of sp³-hybridized carbons (Fsp3) is 0.650. The topological polar surface area (TPSA) is 41.1 Å². The van der Waals surface area contributed by atoms with Crippen LogP contribution in [0.2, 0.25) is 0 Å². The van der Waals surface area contributed by atoms with Gasteiger partial charge < -0.3 is 10.6 Å². The van der Waals surface area contributed by atoms with Gasteiger partial charge >= 0.3 is 0 Å². The summed E-state index contributed by atoms with van der Waals surface area (Å²) in [6.45, 7) is 11.8. The second-order valence-electron chi connectivity index (χ2n) is 7.64. The fourth-order valence-electron chi connectivity index (χ4n) is 4.02. The highest BCUT2D eigenvalue weighted by molar-refractivity contribution is 6.44. The van der Waals surface area contributed by atoms with Crippen molar-refractivity contribution in [2.45, 2.75) is 58.9 Å². The second-order valence-corrected chi connectivity index (χ2v) is 8.42. The minimum Gasteiger partial charge on any atom is -0.348 e. The first kappa shape index (κ1) is 20.5. The van der Waals surface area contributed by atoms with Gasteiger partial charge in [-0.25, -0.2) is 0 Å². The predicted molar refractivity (Wildman–Crippen MR) is 107 cm³/mol. The fourth-order valence-corrected chi connectivity index (χ4v) is 4.50. The average molecular weight is 385 g/mol. The molecule has 1 saturated carbocycles. The molecule has 2 N–H and O–H groups in total. The molecule has 1 aliphatic heterocycles. The zero-order valence-corrected chi connectivity index (χ0v) is 17.1. The number of rotatable bonds is 6. The van der Waals surface area contributed by atoms with Crippen molar-refractivity contribution in [3.05, 3.63) is 33.9 Å². The summed E-state index contributed by atoms with van der Waals surface area (Å²) >= 11 is 12.9. The van der Waals surface area contributed by atoms with Gasteiger partial charge in [0.05, 0.1) is 22.0 Å². The maximum Gasteiger partial charge on any atom is 0.224 e. The summed E-state index contributed by atoms with van der Waals surface area (Å²) in [4.78, 5) is 12.8. The molecule has 5 heteroatoms. The van der Waals surface area contributed by atoms with Gasteiger partial charge in [-0.2, -0.15) is 0 Å². The molecule has 0 bridgehead atoms. The largest absolute Gasteiger partial charge is 0.348 e. The molecular formula is C20H30Cl2N2O. The first-order chi connectivity index (χ1) is 11.8. The Morgan fingerprint density at radius 3 is 2.48 bits per heavy atom. The summed E-state index contributed by atoms with van der Waals surface area (Å²) in [5, 5.41) is 7.58. The molecule has 0 aromatic rings. The lowest BCUT2D eigenvalue weighted by molar-refractivity contribution is -0.125. The van der Waals surface area contributed by atoms with Gasteiger partial charge in [0.25, 0.3) is 0 Å². The molecule has 1 amide bonds. The van der Waals surface area contributed by atoms with Crippen LogP contribution in [0.3, 0.4) is 0 Å². The quantitative estimate of drug-likeness (QED) is 0.641. The summed E-state index contributed by atoms with van der Waals surface area (Å²) in [6, 6.07) is -0.165. The van der Waals surface area contributed by atoms with Crippen molar-refractivity contribution in [1.82, 2.24) is 10.6 Å². The van der Waals surface area contributed by atoms with Gasteiger partial charge in [-0.15, -0.1) is 0 Å². The van der Waals surface area contributed by atoms with Crippen molar-refractivity contribution in [2.75, 3.05) is 13.1 Å². The lowest BCUT2D eigenvalue weighted by Crippen LogP contribution is -2.49. The van der Waals surface area contributed by atoms with E-state index >= 15 is 0 Å². The molecule has 0 unspecified atom stereocenters. The van der Waals surface area contributed by atoms with Crippen molar-refractivity contribution < 1.29 is 4.79 Å². The Kier molecular flexibility index (Phi) is 7.19. The molecule has 2 rings (SSSR count). The van der Waals surface area contributed by atoms with E-state index in [1.165, 1.54) is 12.8 Å². The van der Waals surface area contributed by atoms with E-state index < -0.39 is 0 Å². The molecule has 1 aliphatic carbocycles. The van der Waals surface area contributed by atoms with Gasteiger partial charge in [0.2, 0.25) is 5.91 Å². The first-order valence-corrected chi connectivity index (χ1v) is 9.94. The van der Waals surface area contributed by atoms with Crippen LogP contribution in [0.4, 0.5) is 0 Å². The summed E-state index contributed by atoms with van der Waals surface area (Å²) in [7, 11) is 0. The third kappa shape index (κ3) is 4.69. The minimum absolute atomic E-state index is 0.0230. The number of allylic oxidation sites excluding steroid dienone is 3. The van der Waals surface area contributed by atoms with E-state index in [-0.39, 0.29) is 23.3 Å². The third-order valence-corrected chi connectivity index (χ3v) is 6.52. The van der Waals surface area contributed by atoms with E-state index in [1.54, 1.807) is 6.08 Å². The lowest BCUT2D eigenvalue weighted by Gasteiger charge is -2.38. The minimum atomic E-state index is -0.165. The number of hydrogen-bond acceptors (Lipinski definition) is 2. The number of nitrogens with one attached hydrogen (secondary N) is 2. The Morgan fingerprint density at radius 2 is 2.00 bits per heavy atom. The lowest BCUT2D eigenvalue weighted by atomic mass is 9.75. The molecule has 3 nitrogen and oxygen atoms in total. The second kappa shape index (κ2) is 8.75. The highest BCUT2D eigenvalue weighted by Crippen LogP contribution is 2.46. The van der Waals surface area contributed by atoms with Crippen LogP contribution in [-0.2, 0) is 4.79 Å². The SMILES string of the molecule is C=C(C)/C(=C(Cl)\C(Cl)=C/C)[C@@H](NC(=O)[C@H]1CCNC1)C1(C)CCCC1. The van der Waals surface area contributed by atoms with Gasteiger partial charge in [0.1, 0.15) is 0 Å². The summed E-state index contributed by atoms with van der Waals surface area (Å²) in [5.74, 6) is 0.123. The molecule has 1 saturated heterocycles. The van der Waals surface area contributed by atoms with Crippen LogP contribution in [0.5, 0.6) is 0 Å². The first-order valence-electron chi connectivity index (χ1n) is 9.19.